The Bertz CT molecular complexity index is 861. The summed E-state index contributed by atoms with van der Waals surface area (Å²) in [6, 6.07) is 16.5. The molecular formula is C23H32IN3O2S. The molecule has 1 heterocycles. The van der Waals surface area contributed by atoms with E-state index in [1.165, 1.54) is 16.7 Å². The first-order chi connectivity index (χ1) is 14.1. The molecule has 164 valence electrons. The number of aliphatic imine (C=N–C) groups is 1. The molecule has 0 amide bonds. The molecule has 0 aliphatic carbocycles. The summed E-state index contributed by atoms with van der Waals surface area (Å²) in [4.78, 5) is 6.66. The molecular weight excluding hydrogens is 509 g/mol. The van der Waals surface area contributed by atoms with Gasteiger partial charge in [0.2, 0.25) is 0 Å². The Labute approximate surface area is 199 Å². The number of ether oxygens (including phenoxy) is 1. The van der Waals surface area contributed by atoms with Crippen LogP contribution in [0.25, 0.3) is 0 Å². The SMILES string of the molecule is CN=C(NCCS(=O)Cc1ccccc1)N1CCOC(c2ccc(C)cc2C)C1.I. The van der Waals surface area contributed by atoms with Crippen molar-refractivity contribution < 1.29 is 8.95 Å². The lowest BCUT2D eigenvalue weighted by molar-refractivity contribution is -0.00827. The van der Waals surface area contributed by atoms with Gasteiger partial charge in [0.25, 0.3) is 0 Å². The summed E-state index contributed by atoms with van der Waals surface area (Å²) in [7, 11) is 0.899. The second-order valence-electron chi connectivity index (χ2n) is 7.41. The predicted octanol–water partition coefficient (Wildman–Crippen LogP) is 3.82. The lowest BCUT2D eigenvalue weighted by atomic mass is 10.00. The minimum Gasteiger partial charge on any atom is -0.370 e. The molecule has 0 spiro atoms. The number of hydrogen-bond donors (Lipinski definition) is 1. The van der Waals surface area contributed by atoms with Crippen LogP contribution >= 0.6 is 24.0 Å². The van der Waals surface area contributed by atoms with Gasteiger partial charge in [-0.25, -0.2) is 0 Å². The van der Waals surface area contributed by atoms with E-state index in [0.29, 0.717) is 24.7 Å². The van der Waals surface area contributed by atoms with E-state index in [9.17, 15) is 4.21 Å². The second kappa shape index (κ2) is 12.4. The fraction of sp³-hybridized carbons (Fsp3) is 0.435. The molecule has 2 atom stereocenters. The molecule has 0 bridgehead atoms. The summed E-state index contributed by atoms with van der Waals surface area (Å²) >= 11 is 0. The molecule has 1 aliphatic rings. The average Bonchev–Trinajstić information content (AvgIpc) is 2.72. The van der Waals surface area contributed by atoms with E-state index in [1.807, 2.05) is 30.3 Å². The number of hydrogen-bond acceptors (Lipinski definition) is 3. The van der Waals surface area contributed by atoms with Crippen LogP contribution in [0.15, 0.2) is 53.5 Å². The van der Waals surface area contributed by atoms with E-state index >= 15 is 0 Å². The van der Waals surface area contributed by atoms with Gasteiger partial charge in [-0.1, -0.05) is 54.1 Å². The molecule has 5 nitrogen and oxygen atoms in total. The molecule has 1 fully saturated rings. The Balaban J connectivity index is 0.00000320. The molecule has 2 aromatic carbocycles. The van der Waals surface area contributed by atoms with Gasteiger partial charge in [0.05, 0.1) is 13.2 Å². The van der Waals surface area contributed by atoms with Crippen molar-refractivity contribution in [1.82, 2.24) is 10.2 Å². The van der Waals surface area contributed by atoms with Crippen LogP contribution in [0.1, 0.15) is 28.4 Å². The maximum atomic E-state index is 12.4. The van der Waals surface area contributed by atoms with Crippen molar-refractivity contribution in [3.8, 4) is 0 Å². The van der Waals surface area contributed by atoms with Gasteiger partial charge in [0, 0.05) is 42.4 Å². The van der Waals surface area contributed by atoms with E-state index in [4.69, 9.17) is 4.74 Å². The minimum atomic E-state index is -0.897. The third-order valence-corrected chi connectivity index (χ3v) is 6.45. The van der Waals surface area contributed by atoms with Gasteiger partial charge in [-0.05, 0) is 30.5 Å². The Morgan fingerprint density at radius 1 is 1.23 bits per heavy atom. The number of rotatable bonds is 6. The first-order valence-corrected chi connectivity index (χ1v) is 11.6. The number of aryl methyl sites for hydroxylation is 2. The van der Waals surface area contributed by atoms with Crippen molar-refractivity contribution in [2.24, 2.45) is 4.99 Å². The van der Waals surface area contributed by atoms with E-state index in [0.717, 1.165) is 24.6 Å². The Morgan fingerprint density at radius 2 is 2.00 bits per heavy atom. The smallest absolute Gasteiger partial charge is 0.193 e. The number of nitrogens with zero attached hydrogens (tertiary/aromatic N) is 2. The lowest BCUT2D eigenvalue weighted by Gasteiger charge is -2.35. The van der Waals surface area contributed by atoms with E-state index < -0.39 is 10.8 Å². The molecule has 30 heavy (non-hydrogen) atoms. The van der Waals surface area contributed by atoms with Crippen molar-refractivity contribution in [1.29, 1.82) is 0 Å². The second-order valence-corrected chi connectivity index (χ2v) is 8.99. The maximum absolute atomic E-state index is 12.4. The maximum Gasteiger partial charge on any atom is 0.193 e. The van der Waals surface area contributed by atoms with Crippen molar-refractivity contribution >= 4 is 40.7 Å². The third-order valence-electron chi connectivity index (χ3n) is 5.13. The zero-order valence-electron chi connectivity index (χ0n) is 18.0. The molecule has 2 aromatic rings. The van der Waals surface area contributed by atoms with Gasteiger partial charge < -0.3 is 15.0 Å². The number of nitrogens with one attached hydrogen (secondary N) is 1. The van der Waals surface area contributed by atoms with E-state index in [1.54, 1.807) is 7.05 Å². The van der Waals surface area contributed by atoms with E-state index in [-0.39, 0.29) is 30.1 Å². The van der Waals surface area contributed by atoms with Crippen LogP contribution in [0.3, 0.4) is 0 Å². The van der Waals surface area contributed by atoms with Crippen LogP contribution in [-0.2, 0) is 21.3 Å². The predicted molar refractivity (Wildman–Crippen MR) is 136 cm³/mol. The number of benzene rings is 2. The topological polar surface area (TPSA) is 53.9 Å². The van der Waals surface area contributed by atoms with E-state index in [2.05, 4.69) is 47.3 Å². The molecule has 1 N–H and O–H groups in total. The molecule has 7 heteroatoms. The minimum absolute atomic E-state index is 0. The Hall–Kier alpha value is -1.45. The molecule has 0 saturated carbocycles. The molecule has 3 rings (SSSR count). The van der Waals surface area contributed by atoms with Crippen LogP contribution in [0.4, 0.5) is 0 Å². The summed E-state index contributed by atoms with van der Waals surface area (Å²) in [5.41, 5.74) is 4.87. The highest BCUT2D eigenvalue weighted by Gasteiger charge is 2.25. The number of halogens is 1. The van der Waals surface area contributed by atoms with Gasteiger partial charge in [-0.3, -0.25) is 9.20 Å². The lowest BCUT2D eigenvalue weighted by Crippen LogP contribution is -2.49. The summed E-state index contributed by atoms with van der Waals surface area (Å²) in [5.74, 6) is 2.03. The zero-order chi connectivity index (χ0) is 20.6. The number of morpholine rings is 1. The molecule has 1 aliphatic heterocycles. The van der Waals surface area contributed by atoms with Crippen LogP contribution in [0.5, 0.6) is 0 Å². The Morgan fingerprint density at radius 3 is 2.70 bits per heavy atom. The monoisotopic (exact) mass is 541 g/mol. The molecule has 0 radical (unpaired) electrons. The summed E-state index contributed by atoms with van der Waals surface area (Å²) in [6.07, 6.45) is 0.0371. The normalized spacial score (nSPS) is 17.9. The summed E-state index contributed by atoms with van der Waals surface area (Å²) in [5, 5.41) is 3.38. The highest BCUT2D eigenvalue weighted by molar-refractivity contribution is 14.0. The van der Waals surface area contributed by atoms with Crippen LogP contribution in [0.2, 0.25) is 0 Å². The largest absolute Gasteiger partial charge is 0.370 e. The zero-order valence-corrected chi connectivity index (χ0v) is 21.1. The summed E-state index contributed by atoms with van der Waals surface area (Å²) < 4.78 is 18.4. The van der Waals surface area contributed by atoms with Crippen molar-refractivity contribution in [2.75, 3.05) is 39.0 Å². The third kappa shape index (κ3) is 7.06. The standard InChI is InChI=1S/C23H31N3O2S.HI/c1-18-9-10-21(19(2)15-18)22-16-26(12-13-28-22)23(24-3)25-11-14-29(27)17-20-7-5-4-6-8-20;/h4-10,15,22H,11-14,16-17H2,1-3H3,(H,24,25);1H. The van der Waals surface area contributed by atoms with Crippen LogP contribution in [0, 0.1) is 13.8 Å². The van der Waals surface area contributed by atoms with Gasteiger partial charge >= 0.3 is 0 Å². The average molecular weight is 541 g/mol. The fourth-order valence-electron chi connectivity index (χ4n) is 3.66. The van der Waals surface area contributed by atoms with Crippen molar-refractivity contribution in [3.05, 3.63) is 70.8 Å². The summed E-state index contributed by atoms with van der Waals surface area (Å²) in [6.45, 7) is 7.11. The van der Waals surface area contributed by atoms with Crippen molar-refractivity contribution in [2.45, 2.75) is 25.7 Å². The molecule has 1 saturated heterocycles. The first kappa shape index (κ1) is 24.8. The fourth-order valence-corrected chi connectivity index (χ4v) is 4.70. The van der Waals surface area contributed by atoms with Gasteiger partial charge in [-0.15, -0.1) is 24.0 Å². The van der Waals surface area contributed by atoms with Crippen LogP contribution in [-0.4, -0.2) is 54.1 Å². The van der Waals surface area contributed by atoms with Crippen LogP contribution < -0.4 is 5.32 Å². The van der Waals surface area contributed by atoms with Gasteiger partial charge in [0.1, 0.15) is 6.10 Å². The molecule has 0 aromatic heterocycles. The van der Waals surface area contributed by atoms with Gasteiger partial charge in [-0.2, -0.15) is 0 Å². The molecule has 2 unspecified atom stereocenters. The highest BCUT2D eigenvalue weighted by atomic mass is 127. The first-order valence-electron chi connectivity index (χ1n) is 10.1. The Kier molecular flexibility index (Phi) is 10.3. The van der Waals surface area contributed by atoms with Crippen molar-refractivity contribution in [3.63, 3.8) is 0 Å². The highest BCUT2D eigenvalue weighted by Crippen LogP contribution is 2.25. The quantitative estimate of drug-likeness (QED) is 0.344. The number of guanidine groups is 1. The van der Waals surface area contributed by atoms with Gasteiger partial charge in [0.15, 0.2) is 5.96 Å².